The number of likely N-dealkylation sites (tertiary alicyclic amines) is 1. The Morgan fingerprint density at radius 3 is 2.78 bits per heavy atom. The van der Waals surface area contributed by atoms with Gasteiger partial charge in [0.25, 0.3) is 0 Å². The minimum atomic E-state index is 0.588. The van der Waals surface area contributed by atoms with Crippen molar-refractivity contribution in [3.63, 3.8) is 0 Å². The molecule has 1 unspecified atom stereocenters. The Hall–Kier alpha value is -1.81. The van der Waals surface area contributed by atoms with Crippen molar-refractivity contribution < 1.29 is 0 Å². The van der Waals surface area contributed by atoms with Gasteiger partial charge < -0.3 is 15.6 Å². The molecule has 1 fully saturated rings. The maximum atomic E-state index is 5.69. The first-order valence-corrected chi connectivity index (χ1v) is 6.32. The number of hydrogen-bond acceptors (Lipinski definition) is 3. The molecule has 1 aliphatic heterocycles. The number of nitrogens with one attached hydrogen (secondary N) is 1. The molecule has 1 aliphatic rings. The zero-order valence-corrected chi connectivity index (χ0v) is 10.6. The molecule has 1 aromatic heterocycles. The summed E-state index contributed by atoms with van der Waals surface area (Å²) in [5.74, 6) is 1.52. The van der Waals surface area contributed by atoms with Crippen LogP contribution in [-0.4, -0.2) is 35.0 Å². The Morgan fingerprint density at radius 1 is 1.33 bits per heavy atom. The van der Waals surface area contributed by atoms with E-state index in [1.54, 1.807) is 0 Å². The van der Waals surface area contributed by atoms with E-state index in [0.717, 1.165) is 23.6 Å². The average Bonchev–Trinajstić information content (AvgIpc) is 2.98. The summed E-state index contributed by atoms with van der Waals surface area (Å²) in [4.78, 5) is 10.3. The van der Waals surface area contributed by atoms with E-state index in [4.69, 9.17) is 5.73 Å². The third kappa shape index (κ3) is 2.11. The van der Waals surface area contributed by atoms with Crippen molar-refractivity contribution in [3.8, 4) is 11.4 Å². The Labute approximate surface area is 107 Å². The lowest BCUT2D eigenvalue weighted by molar-refractivity contribution is 0.411. The van der Waals surface area contributed by atoms with Gasteiger partial charge in [0.2, 0.25) is 0 Å². The van der Waals surface area contributed by atoms with Gasteiger partial charge in [-0.25, -0.2) is 4.98 Å². The van der Waals surface area contributed by atoms with Gasteiger partial charge in [-0.05, 0) is 44.3 Å². The molecule has 2 aromatic rings. The van der Waals surface area contributed by atoms with E-state index >= 15 is 0 Å². The van der Waals surface area contributed by atoms with Crippen LogP contribution in [0.1, 0.15) is 18.0 Å². The van der Waals surface area contributed by atoms with Gasteiger partial charge in [-0.3, -0.25) is 0 Å². The highest BCUT2D eigenvalue weighted by atomic mass is 15.1. The van der Waals surface area contributed by atoms with Gasteiger partial charge in [0.1, 0.15) is 5.82 Å². The minimum absolute atomic E-state index is 0.588. The van der Waals surface area contributed by atoms with Crippen molar-refractivity contribution in [1.29, 1.82) is 0 Å². The second kappa shape index (κ2) is 4.46. The van der Waals surface area contributed by atoms with E-state index in [9.17, 15) is 0 Å². The Kier molecular flexibility index (Phi) is 2.80. The van der Waals surface area contributed by atoms with Crippen molar-refractivity contribution in [2.75, 3.05) is 25.9 Å². The summed E-state index contributed by atoms with van der Waals surface area (Å²) in [6.45, 7) is 2.28. The smallest absolute Gasteiger partial charge is 0.137 e. The van der Waals surface area contributed by atoms with Crippen LogP contribution >= 0.6 is 0 Å². The lowest BCUT2D eigenvalue weighted by Gasteiger charge is -2.07. The third-order valence-corrected chi connectivity index (χ3v) is 3.61. The molecule has 0 amide bonds. The molecule has 0 aliphatic carbocycles. The first-order valence-electron chi connectivity index (χ1n) is 6.32. The summed E-state index contributed by atoms with van der Waals surface area (Å²) < 4.78 is 0. The number of likely N-dealkylation sites (N-methyl/N-ethyl adjacent to an activating group) is 1. The maximum absolute atomic E-state index is 5.69. The fourth-order valence-corrected chi connectivity index (χ4v) is 2.52. The maximum Gasteiger partial charge on any atom is 0.137 e. The highest BCUT2D eigenvalue weighted by Crippen LogP contribution is 2.26. The Balaban J connectivity index is 1.83. The first-order chi connectivity index (χ1) is 8.72. The number of benzene rings is 1. The van der Waals surface area contributed by atoms with Crippen molar-refractivity contribution in [2.45, 2.75) is 12.3 Å². The van der Waals surface area contributed by atoms with Crippen LogP contribution in [0.3, 0.4) is 0 Å². The van der Waals surface area contributed by atoms with E-state index < -0.39 is 0 Å². The normalized spacial score (nSPS) is 20.4. The molecule has 3 rings (SSSR count). The number of hydrogen-bond donors (Lipinski definition) is 2. The van der Waals surface area contributed by atoms with Gasteiger partial charge in [0.05, 0.1) is 0 Å². The number of aromatic nitrogens is 2. The summed E-state index contributed by atoms with van der Waals surface area (Å²) in [7, 11) is 2.16. The van der Waals surface area contributed by atoms with Crippen LogP contribution in [-0.2, 0) is 0 Å². The van der Waals surface area contributed by atoms with Crippen LogP contribution in [0, 0.1) is 0 Å². The third-order valence-electron chi connectivity index (χ3n) is 3.61. The van der Waals surface area contributed by atoms with Crippen molar-refractivity contribution in [2.24, 2.45) is 0 Å². The van der Waals surface area contributed by atoms with Gasteiger partial charge >= 0.3 is 0 Å². The highest BCUT2D eigenvalue weighted by Gasteiger charge is 2.22. The predicted molar refractivity (Wildman–Crippen MR) is 73.3 cm³/mol. The van der Waals surface area contributed by atoms with E-state index in [-0.39, 0.29) is 0 Å². The summed E-state index contributed by atoms with van der Waals surface area (Å²) >= 11 is 0. The number of anilines is 1. The second-order valence-electron chi connectivity index (χ2n) is 5.06. The number of imidazole rings is 1. The molecular weight excluding hydrogens is 224 g/mol. The Morgan fingerprint density at radius 2 is 2.11 bits per heavy atom. The zero-order valence-electron chi connectivity index (χ0n) is 10.6. The molecule has 3 N–H and O–H groups in total. The van der Waals surface area contributed by atoms with E-state index in [0.29, 0.717) is 5.92 Å². The molecule has 18 heavy (non-hydrogen) atoms. The van der Waals surface area contributed by atoms with E-state index in [1.807, 2.05) is 30.5 Å². The largest absolute Gasteiger partial charge is 0.399 e. The standard InChI is InChI=1S/C14H18N4/c1-18-7-6-11(9-18)13-8-16-14(17-13)10-2-4-12(15)5-3-10/h2-5,8,11H,6-7,9,15H2,1H3,(H,16,17). The van der Waals surface area contributed by atoms with Crippen LogP contribution in [0.25, 0.3) is 11.4 Å². The quantitative estimate of drug-likeness (QED) is 0.793. The Bertz CT molecular complexity index is 529. The van der Waals surface area contributed by atoms with Gasteiger partial charge in [-0.2, -0.15) is 0 Å². The number of nitrogens with zero attached hydrogens (tertiary/aromatic N) is 2. The lowest BCUT2D eigenvalue weighted by Crippen LogP contribution is -2.13. The summed E-state index contributed by atoms with van der Waals surface area (Å²) in [5.41, 5.74) is 8.80. The zero-order chi connectivity index (χ0) is 12.5. The molecule has 1 aromatic carbocycles. The van der Waals surface area contributed by atoms with Gasteiger partial charge in [0, 0.05) is 35.6 Å². The fourth-order valence-electron chi connectivity index (χ4n) is 2.52. The second-order valence-corrected chi connectivity index (χ2v) is 5.06. The summed E-state index contributed by atoms with van der Waals surface area (Å²) in [6, 6.07) is 7.80. The number of rotatable bonds is 2. The van der Waals surface area contributed by atoms with E-state index in [2.05, 4.69) is 21.9 Å². The molecule has 4 nitrogen and oxygen atoms in total. The number of nitrogens with two attached hydrogens (primary N) is 1. The minimum Gasteiger partial charge on any atom is -0.399 e. The number of nitrogen functional groups attached to an aromatic ring is 1. The molecule has 1 atom stereocenters. The molecule has 0 spiro atoms. The highest BCUT2D eigenvalue weighted by molar-refractivity contribution is 5.58. The molecular formula is C14H18N4. The summed E-state index contributed by atoms with van der Waals surface area (Å²) in [6.07, 6.45) is 3.18. The van der Waals surface area contributed by atoms with Crippen molar-refractivity contribution in [1.82, 2.24) is 14.9 Å². The van der Waals surface area contributed by atoms with Crippen LogP contribution < -0.4 is 5.73 Å². The van der Waals surface area contributed by atoms with Gasteiger partial charge in [-0.15, -0.1) is 0 Å². The topological polar surface area (TPSA) is 57.9 Å². The predicted octanol–water partition coefficient (Wildman–Crippen LogP) is 2.08. The first kappa shape index (κ1) is 11.3. The van der Waals surface area contributed by atoms with Gasteiger partial charge in [-0.1, -0.05) is 0 Å². The van der Waals surface area contributed by atoms with Crippen LogP contribution in [0.4, 0.5) is 5.69 Å². The molecule has 0 saturated carbocycles. The molecule has 1 saturated heterocycles. The summed E-state index contributed by atoms with van der Waals surface area (Å²) in [5, 5.41) is 0. The van der Waals surface area contributed by atoms with Crippen molar-refractivity contribution >= 4 is 5.69 Å². The van der Waals surface area contributed by atoms with Crippen LogP contribution in [0.15, 0.2) is 30.5 Å². The van der Waals surface area contributed by atoms with E-state index in [1.165, 1.54) is 18.7 Å². The molecule has 4 heteroatoms. The molecule has 94 valence electrons. The molecule has 2 heterocycles. The SMILES string of the molecule is CN1CCC(c2cnc(-c3ccc(N)cc3)[nH]2)C1. The monoisotopic (exact) mass is 242 g/mol. The van der Waals surface area contributed by atoms with Crippen molar-refractivity contribution in [3.05, 3.63) is 36.2 Å². The average molecular weight is 242 g/mol. The fraction of sp³-hybridized carbons (Fsp3) is 0.357. The lowest BCUT2D eigenvalue weighted by atomic mass is 10.1. The van der Waals surface area contributed by atoms with Gasteiger partial charge in [0.15, 0.2) is 0 Å². The number of H-pyrrole nitrogens is 1. The molecule has 0 radical (unpaired) electrons. The van der Waals surface area contributed by atoms with Crippen LogP contribution in [0.2, 0.25) is 0 Å². The molecule has 0 bridgehead atoms. The van der Waals surface area contributed by atoms with Crippen LogP contribution in [0.5, 0.6) is 0 Å². The number of aromatic amines is 1.